The number of aliphatic hydroxyl groups excluding tert-OH is 1. The topological polar surface area (TPSA) is 67.8 Å². The van der Waals surface area contributed by atoms with Crippen molar-refractivity contribution in [3.63, 3.8) is 0 Å². The number of carbonyl (C=O) groups excluding carboxylic acids is 1. The minimum Gasteiger partial charge on any atom is -0.482 e. The van der Waals surface area contributed by atoms with Crippen LogP contribution < -0.4 is 14.8 Å². The van der Waals surface area contributed by atoms with Crippen molar-refractivity contribution >= 4 is 17.5 Å². The SMILES string of the molecule is C[C@@H]1Oc2ccccc2O[C@@H]1C(=O)NC[C@H](O)c1cccc(Cl)c1. The highest BCUT2D eigenvalue weighted by Crippen LogP contribution is 2.33. The summed E-state index contributed by atoms with van der Waals surface area (Å²) in [5, 5.41) is 13.4. The number of nitrogens with one attached hydrogen (secondary N) is 1. The van der Waals surface area contributed by atoms with E-state index in [1.165, 1.54) is 0 Å². The van der Waals surface area contributed by atoms with Crippen molar-refractivity contribution in [1.82, 2.24) is 5.32 Å². The molecule has 3 rings (SSSR count). The van der Waals surface area contributed by atoms with Gasteiger partial charge in [-0.25, -0.2) is 0 Å². The highest BCUT2D eigenvalue weighted by atomic mass is 35.5. The number of halogens is 1. The molecule has 126 valence electrons. The van der Waals surface area contributed by atoms with Crippen LogP contribution in [0.25, 0.3) is 0 Å². The lowest BCUT2D eigenvalue weighted by molar-refractivity contribution is -0.133. The number of rotatable bonds is 4. The second kappa shape index (κ2) is 7.11. The van der Waals surface area contributed by atoms with Crippen molar-refractivity contribution < 1.29 is 19.4 Å². The van der Waals surface area contributed by atoms with Crippen molar-refractivity contribution in [3.05, 3.63) is 59.1 Å². The van der Waals surface area contributed by atoms with Gasteiger partial charge < -0.3 is 19.9 Å². The van der Waals surface area contributed by atoms with Gasteiger partial charge in [0.2, 0.25) is 6.10 Å². The van der Waals surface area contributed by atoms with Crippen LogP contribution in [0, 0.1) is 0 Å². The van der Waals surface area contributed by atoms with Crippen LogP contribution >= 0.6 is 11.6 Å². The highest BCUT2D eigenvalue weighted by molar-refractivity contribution is 6.30. The second-order valence-electron chi connectivity index (χ2n) is 5.62. The van der Waals surface area contributed by atoms with E-state index in [2.05, 4.69) is 5.32 Å². The summed E-state index contributed by atoms with van der Waals surface area (Å²) in [5.41, 5.74) is 0.641. The van der Waals surface area contributed by atoms with E-state index in [-0.39, 0.29) is 12.5 Å². The lowest BCUT2D eigenvalue weighted by Gasteiger charge is -2.31. The van der Waals surface area contributed by atoms with Crippen LogP contribution in [0.5, 0.6) is 11.5 Å². The third kappa shape index (κ3) is 3.63. The molecule has 2 aromatic carbocycles. The van der Waals surface area contributed by atoms with Gasteiger partial charge in [0.05, 0.1) is 6.10 Å². The molecular weight excluding hydrogens is 330 g/mol. The fourth-order valence-electron chi connectivity index (χ4n) is 2.54. The number of aliphatic hydroxyl groups is 1. The molecule has 5 nitrogen and oxygen atoms in total. The van der Waals surface area contributed by atoms with Gasteiger partial charge in [0.15, 0.2) is 11.5 Å². The standard InChI is InChI=1S/C18H18ClNO4/c1-11-17(24-16-8-3-2-7-15(16)23-11)18(22)20-10-14(21)12-5-4-6-13(19)9-12/h2-9,11,14,17,21H,10H2,1H3,(H,20,22)/t11-,14-,17-/m0/s1. The first-order valence-electron chi connectivity index (χ1n) is 7.68. The average molecular weight is 348 g/mol. The summed E-state index contributed by atoms with van der Waals surface area (Å²) in [6.07, 6.45) is -2.05. The molecule has 1 heterocycles. The van der Waals surface area contributed by atoms with Crippen molar-refractivity contribution in [3.8, 4) is 11.5 Å². The fourth-order valence-corrected chi connectivity index (χ4v) is 2.73. The third-order valence-electron chi connectivity index (χ3n) is 3.80. The van der Waals surface area contributed by atoms with E-state index < -0.39 is 18.3 Å². The van der Waals surface area contributed by atoms with Gasteiger partial charge in [0.25, 0.3) is 5.91 Å². The van der Waals surface area contributed by atoms with Gasteiger partial charge in [0.1, 0.15) is 6.10 Å². The Labute approximate surface area is 145 Å². The summed E-state index contributed by atoms with van der Waals surface area (Å²) in [5.74, 6) is 0.817. The summed E-state index contributed by atoms with van der Waals surface area (Å²) >= 11 is 5.91. The Balaban J connectivity index is 1.61. The van der Waals surface area contributed by atoms with Crippen molar-refractivity contribution in [2.45, 2.75) is 25.2 Å². The molecule has 0 aromatic heterocycles. The normalized spacial score (nSPS) is 20.3. The lowest BCUT2D eigenvalue weighted by Crippen LogP contribution is -2.49. The quantitative estimate of drug-likeness (QED) is 0.892. The smallest absolute Gasteiger partial charge is 0.265 e. The van der Waals surface area contributed by atoms with Crippen LogP contribution in [0.3, 0.4) is 0 Å². The molecule has 0 bridgehead atoms. The lowest BCUT2D eigenvalue weighted by atomic mass is 10.1. The molecule has 6 heteroatoms. The number of benzene rings is 2. The van der Waals surface area contributed by atoms with Crippen LogP contribution in [-0.4, -0.2) is 29.8 Å². The van der Waals surface area contributed by atoms with Gasteiger partial charge in [-0.15, -0.1) is 0 Å². The van der Waals surface area contributed by atoms with E-state index in [9.17, 15) is 9.90 Å². The predicted molar refractivity (Wildman–Crippen MR) is 90.4 cm³/mol. The van der Waals surface area contributed by atoms with E-state index in [1.54, 1.807) is 43.3 Å². The summed E-state index contributed by atoms with van der Waals surface area (Å²) in [4.78, 5) is 12.4. The van der Waals surface area contributed by atoms with Gasteiger partial charge in [-0.05, 0) is 36.8 Å². The number of carbonyl (C=O) groups is 1. The molecule has 1 aliphatic rings. The number of hydrogen-bond acceptors (Lipinski definition) is 4. The van der Waals surface area contributed by atoms with E-state index in [0.717, 1.165) is 0 Å². The van der Waals surface area contributed by atoms with Crippen LogP contribution in [0.15, 0.2) is 48.5 Å². The number of hydrogen-bond donors (Lipinski definition) is 2. The molecule has 2 N–H and O–H groups in total. The molecule has 24 heavy (non-hydrogen) atoms. The zero-order valence-corrected chi connectivity index (χ0v) is 13.9. The predicted octanol–water partition coefficient (Wildman–Crippen LogP) is 2.72. The largest absolute Gasteiger partial charge is 0.482 e. The molecule has 0 fully saturated rings. The molecule has 0 aliphatic carbocycles. The summed E-state index contributed by atoms with van der Waals surface area (Å²) in [7, 11) is 0. The molecule has 0 saturated carbocycles. The van der Waals surface area contributed by atoms with Gasteiger partial charge in [-0.2, -0.15) is 0 Å². The van der Waals surface area contributed by atoms with E-state index >= 15 is 0 Å². The maximum absolute atomic E-state index is 12.4. The van der Waals surface area contributed by atoms with Crippen LogP contribution in [0.4, 0.5) is 0 Å². The number of para-hydroxylation sites is 2. The van der Waals surface area contributed by atoms with Crippen LogP contribution in [0.1, 0.15) is 18.6 Å². The summed E-state index contributed by atoms with van der Waals surface area (Å²) < 4.78 is 11.4. The second-order valence-corrected chi connectivity index (χ2v) is 6.06. The van der Waals surface area contributed by atoms with Gasteiger partial charge in [-0.3, -0.25) is 4.79 Å². The molecule has 0 unspecified atom stereocenters. The zero-order chi connectivity index (χ0) is 17.1. The first-order valence-corrected chi connectivity index (χ1v) is 8.06. The first-order chi connectivity index (χ1) is 11.5. The monoisotopic (exact) mass is 347 g/mol. The van der Waals surface area contributed by atoms with Gasteiger partial charge >= 0.3 is 0 Å². The summed E-state index contributed by atoms with van der Waals surface area (Å²) in [6.45, 7) is 1.83. The molecular formula is C18H18ClNO4. The van der Waals surface area contributed by atoms with Crippen molar-refractivity contribution in [2.24, 2.45) is 0 Å². The molecule has 1 amide bonds. The molecule has 1 aliphatic heterocycles. The van der Waals surface area contributed by atoms with Crippen molar-refractivity contribution in [1.29, 1.82) is 0 Å². The molecule has 3 atom stereocenters. The molecule has 0 radical (unpaired) electrons. The fraction of sp³-hybridized carbons (Fsp3) is 0.278. The number of amides is 1. The third-order valence-corrected chi connectivity index (χ3v) is 4.04. The Morgan fingerprint density at radius 1 is 1.21 bits per heavy atom. The van der Waals surface area contributed by atoms with E-state index in [4.69, 9.17) is 21.1 Å². The Bertz CT molecular complexity index is 736. The maximum Gasteiger partial charge on any atom is 0.265 e. The minimum atomic E-state index is -0.847. The molecule has 2 aromatic rings. The van der Waals surface area contributed by atoms with Crippen LogP contribution in [0.2, 0.25) is 5.02 Å². The summed E-state index contributed by atoms with van der Waals surface area (Å²) in [6, 6.07) is 14.1. The van der Waals surface area contributed by atoms with Gasteiger partial charge in [-0.1, -0.05) is 35.9 Å². The molecule has 0 spiro atoms. The zero-order valence-electron chi connectivity index (χ0n) is 13.1. The Hall–Kier alpha value is -2.24. The first kappa shape index (κ1) is 16.6. The number of fused-ring (bicyclic) bond motifs is 1. The minimum absolute atomic E-state index is 0.0629. The van der Waals surface area contributed by atoms with E-state index in [1.807, 2.05) is 12.1 Å². The Morgan fingerprint density at radius 2 is 1.92 bits per heavy atom. The Kier molecular flexibility index (Phi) is 4.92. The maximum atomic E-state index is 12.4. The van der Waals surface area contributed by atoms with Crippen LogP contribution in [-0.2, 0) is 4.79 Å². The average Bonchev–Trinajstić information content (AvgIpc) is 2.58. The highest BCUT2D eigenvalue weighted by Gasteiger charge is 2.34. The van der Waals surface area contributed by atoms with Gasteiger partial charge in [0, 0.05) is 11.6 Å². The Morgan fingerprint density at radius 3 is 2.62 bits per heavy atom. The molecule has 0 saturated heterocycles. The number of ether oxygens (including phenoxy) is 2. The van der Waals surface area contributed by atoms with Crippen molar-refractivity contribution in [2.75, 3.05) is 6.54 Å². The van der Waals surface area contributed by atoms with E-state index in [0.29, 0.717) is 22.1 Å².